The van der Waals surface area contributed by atoms with Gasteiger partial charge in [0.2, 0.25) is 0 Å². The molecule has 0 radical (unpaired) electrons. The number of aryl methyl sites for hydroxylation is 1. The molecule has 1 aliphatic carbocycles. The number of nitrogens with zero attached hydrogens (tertiary/aromatic N) is 3. The van der Waals surface area contributed by atoms with Crippen LogP contribution in [0.25, 0.3) is 0 Å². The van der Waals surface area contributed by atoms with Gasteiger partial charge < -0.3 is 14.8 Å². The highest BCUT2D eigenvalue weighted by Crippen LogP contribution is 2.46. The number of hydrogen-bond acceptors (Lipinski definition) is 2. The van der Waals surface area contributed by atoms with Gasteiger partial charge in [-0.2, -0.15) is 0 Å². The van der Waals surface area contributed by atoms with Crippen molar-refractivity contribution in [2.24, 2.45) is 0 Å². The minimum absolute atomic E-state index is 0.0541. The minimum Gasteiger partial charge on any atom is -0.351 e. The summed E-state index contributed by atoms with van der Waals surface area (Å²) in [5.41, 5.74) is 5.61. The second kappa shape index (κ2) is 6.95. The number of anilines is 1. The summed E-state index contributed by atoms with van der Waals surface area (Å²) in [7, 11) is 0. The number of benzene rings is 1. The molecule has 0 amide bonds. The average molecular weight is 407 g/mol. The zero-order chi connectivity index (χ0) is 20.1. The molecule has 1 aromatic carbocycles. The van der Waals surface area contributed by atoms with Crippen molar-refractivity contribution in [2.75, 3.05) is 4.90 Å². The summed E-state index contributed by atoms with van der Waals surface area (Å²) in [6, 6.07) is 15.2. The number of aromatic nitrogens is 2. The number of hydrogen-bond donors (Lipinski definition) is 1. The first kappa shape index (κ1) is 18.3. The van der Waals surface area contributed by atoms with Gasteiger partial charge in [0.05, 0.1) is 17.8 Å². The Labute approximate surface area is 175 Å². The number of pyridine rings is 1. The van der Waals surface area contributed by atoms with E-state index in [1.807, 2.05) is 24.4 Å². The van der Waals surface area contributed by atoms with Crippen LogP contribution in [0, 0.1) is 19.7 Å². The predicted octanol–water partition coefficient (Wildman–Crippen LogP) is 5.15. The van der Waals surface area contributed by atoms with E-state index in [2.05, 4.69) is 39.7 Å². The second-order valence-corrected chi connectivity index (χ2v) is 8.29. The van der Waals surface area contributed by atoms with Crippen molar-refractivity contribution in [2.45, 2.75) is 44.8 Å². The summed E-state index contributed by atoms with van der Waals surface area (Å²) in [6.45, 7) is 4.37. The van der Waals surface area contributed by atoms with Gasteiger partial charge in [-0.25, -0.2) is 4.39 Å². The Morgan fingerprint density at radius 3 is 2.52 bits per heavy atom. The van der Waals surface area contributed by atoms with Crippen LogP contribution in [0.4, 0.5) is 10.1 Å². The number of thiocarbonyl (C=S) groups is 1. The van der Waals surface area contributed by atoms with Crippen LogP contribution in [-0.4, -0.2) is 14.7 Å². The highest BCUT2D eigenvalue weighted by molar-refractivity contribution is 7.80. The Hall–Kier alpha value is -2.73. The van der Waals surface area contributed by atoms with Crippen molar-refractivity contribution < 1.29 is 4.39 Å². The molecule has 148 valence electrons. The molecule has 3 heterocycles. The molecule has 29 heavy (non-hydrogen) atoms. The van der Waals surface area contributed by atoms with Gasteiger partial charge >= 0.3 is 0 Å². The fourth-order valence-electron chi connectivity index (χ4n) is 4.55. The summed E-state index contributed by atoms with van der Waals surface area (Å²) in [4.78, 5) is 6.71. The number of nitrogens with one attached hydrogen (secondary N) is 1. The molecule has 3 aromatic rings. The lowest BCUT2D eigenvalue weighted by Crippen LogP contribution is -2.29. The molecule has 6 heteroatoms. The molecule has 0 spiro atoms. The molecule has 2 atom stereocenters. The monoisotopic (exact) mass is 406 g/mol. The van der Waals surface area contributed by atoms with E-state index in [9.17, 15) is 4.39 Å². The predicted molar refractivity (Wildman–Crippen MR) is 117 cm³/mol. The van der Waals surface area contributed by atoms with Crippen molar-refractivity contribution in [3.8, 4) is 0 Å². The van der Waals surface area contributed by atoms with Crippen molar-refractivity contribution in [1.29, 1.82) is 0 Å². The fourth-order valence-corrected chi connectivity index (χ4v) is 4.89. The Morgan fingerprint density at radius 2 is 1.86 bits per heavy atom. The van der Waals surface area contributed by atoms with Gasteiger partial charge in [0.25, 0.3) is 0 Å². The van der Waals surface area contributed by atoms with E-state index in [0.29, 0.717) is 11.2 Å². The van der Waals surface area contributed by atoms with Crippen molar-refractivity contribution in [1.82, 2.24) is 14.9 Å². The number of rotatable bonds is 4. The molecule has 1 N–H and O–H groups in total. The Kier molecular flexibility index (Phi) is 4.39. The molecule has 0 bridgehead atoms. The Morgan fingerprint density at radius 1 is 1.10 bits per heavy atom. The summed E-state index contributed by atoms with van der Waals surface area (Å²) in [5.74, 6) is -0.253. The van der Waals surface area contributed by atoms with Gasteiger partial charge in [-0.3, -0.25) is 4.98 Å². The lowest BCUT2D eigenvalue weighted by molar-refractivity contribution is 0.562. The smallest absolute Gasteiger partial charge is 0.174 e. The maximum atomic E-state index is 13.6. The van der Waals surface area contributed by atoms with Crippen LogP contribution >= 0.6 is 12.2 Å². The van der Waals surface area contributed by atoms with E-state index in [-0.39, 0.29) is 17.9 Å². The molecule has 0 unspecified atom stereocenters. The SMILES string of the molecule is Cc1cc([C@@H]2[C@@H](c3ccccn3)NC(=S)N2c2ccc(F)cc2)c(C)n1C1CC1. The van der Waals surface area contributed by atoms with E-state index in [1.54, 1.807) is 12.1 Å². The maximum absolute atomic E-state index is 13.6. The first-order valence-electron chi connectivity index (χ1n) is 9.99. The average Bonchev–Trinajstić information content (AvgIpc) is 3.43. The summed E-state index contributed by atoms with van der Waals surface area (Å²) < 4.78 is 16.0. The van der Waals surface area contributed by atoms with Gasteiger partial charge in [0, 0.05) is 29.3 Å². The van der Waals surface area contributed by atoms with E-state index < -0.39 is 0 Å². The molecule has 1 saturated carbocycles. The summed E-state index contributed by atoms with van der Waals surface area (Å²) >= 11 is 5.74. The highest BCUT2D eigenvalue weighted by Gasteiger charge is 2.42. The van der Waals surface area contributed by atoms with Gasteiger partial charge in [-0.1, -0.05) is 6.07 Å². The molecular weight excluding hydrogens is 383 g/mol. The largest absolute Gasteiger partial charge is 0.351 e. The molecule has 1 saturated heterocycles. The third-order valence-corrected chi connectivity index (χ3v) is 6.27. The van der Waals surface area contributed by atoms with E-state index in [0.717, 1.165) is 11.4 Å². The van der Waals surface area contributed by atoms with Crippen LogP contribution in [0.15, 0.2) is 54.7 Å². The summed E-state index contributed by atoms with van der Waals surface area (Å²) in [6.07, 6.45) is 4.29. The molecule has 1 aliphatic heterocycles. The van der Waals surface area contributed by atoms with Gasteiger partial charge in [-0.15, -0.1) is 0 Å². The zero-order valence-electron chi connectivity index (χ0n) is 16.5. The number of halogens is 1. The molecule has 5 rings (SSSR count). The maximum Gasteiger partial charge on any atom is 0.174 e. The van der Waals surface area contributed by atoms with Crippen LogP contribution in [-0.2, 0) is 0 Å². The highest BCUT2D eigenvalue weighted by atomic mass is 32.1. The topological polar surface area (TPSA) is 33.1 Å². The van der Waals surface area contributed by atoms with E-state index in [4.69, 9.17) is 12.2 Å². The zero-order valence-corrected chi connectivity index (χ0v) is 17.3. The van der Waals surface area contributed by atoms with Crippen LogP contribution < -0.4 is 10.2 Å². The Balaban J connectivity index is 1.66. The van der Waals surface area contributed by atoms with E-state index >= 15 is 0 Å². The normalized spacial score (nSPS) is 21.5. The molecule has 2 fully saturated rings. The lowest BCUT2D eigenvalue weighted by atomic mass is 9.96. The standard InChI is InChI=1S/C23H23FN4S/c1-14-13-19(15(2)27(14)17-10-11-17)22-21(20-5-3-4-12-25-20)26-23(29)28(22)18-8-6-16(24)7-9-18/h3-9,12-13,17,21-22H,10-11H2,1-2H3,(H,26,29)/t21-,22-/m1/s1. The third kappa shape index (κ3) is 3.12. The molecule has 2 aliphatic rings. The first-order valence-corrected chi connectivity index (χ1v) is 10.4. The third-order valence-electron chi connectivity index (χ3n) is 5.96. The van der Waals surface area contributed by atoms with Crippen LogP contribution in [0.3, 0.4) is 0 Å². The van der Waals surface area contributed by atoms with Crippen LogP contribution in [0.2, 0.25) is 0 Å². The summed E-state index contributed by atoms with van der Waals surface area (Å²) in [5, 5.41) is 4.11. The van der Waals surface area contributed by atoms with Crippen LogP contribution in [0.1, 0.15) is 53.6 Å². The van der Waals surface area contributed by atoms with E-state index in [1.165, 1.54) is 41.9 Å². The minimum atomic E-state index is -0.253. The van der Waals surface area contributed by atoms with Gasteiger partial charge in [-0.05, 0) is 86.9 Å². The molecular formula is C23H23FN4S. The quantitative estimate of drug-likeness (QED) is 0.608. The van der Waals surface area contributed by atoms with Gasteiger partial charge in [0.15, 0.2) is 5.11 Å². The Bertz CT molecular complexity index is 1060. The van der Waals surface area contributed by atoms with Crippen molar-refractivity contribution >= 4 is 23.0 Å². The lowest BCUT2D eigenvalue weighted by Gasteiger charge is -2.28. The second-order valence-electron chi connectivity index (χ2n) is 7.90. The fraction of sp³-hybridized carbons (Fsp3) is 0.304. The first-order chi connectivity index (χ1) is 14.0. The van der Waals surface area contributed by atoms with Crippen molar-refractivity contribution in [3.63, 3.8) is 0 Å². The molecule has 2 aromatic heterocycles. The molecule has 4 nitrogen and oxygen atoms in total. The van der Waals surface area contributed by atoms with Gasteiger partial charge in [0.1, 0.15) is 5.82 Å². The van der Waals surface area contributed by atoms with Crippen molar-refractivity contribution in [3.05, 3.63) is 83.2 Å². The van der Waals surface area contributed by atoms with Crippen LogP contribution in [0.5, 0.6) is 0 Å².